The minimum absolute atomic E-state index is 0.0857. The summed E-state index contributed by atoms with van der Waals surface area (Å²) in [6.45, 7) is 1.98. The van der Waals surface area contributed by atoms with Crippen molar-refractivity contribution in [1.29, 1.82) is 0 Å². The van der Waals surface area contributed by atoms with E-state index < -0.39 is 0 Å². The zero-order chi connectivity index (χ0) is 15.4. The SMILES string of the molecule is C/C(=N/NC(=O)C(c1ccccc1)c1ccccc1)C1CC1. The lowest BCUT2D eigenvalue weighted by Crippen LogP contribution is -2.27. The molecule has 1 aliphatic rings. The topological polar surface area (TPSA) is 41.5 Å². The number of nitrogens with one attached hydrogen (secondary N) is 1. The lowest BCUT2D eigenvalue weighted by molar-refractivity contribution is -0.121. The van der Waals surface area contributed by atoms with Gasteiger partial charge >= 0.3 is 0 Å². The molecule has 1 aliphatic carbocycles. The predicted molar refractivity (Wildman–Crippen MR) is 88.7 cm³/mol. The second-order valence-corrected chi connectivity index (χ2v) is 5.76. The maximum Gasteiger partial charge on any atom is 0.252 e. The Balaban J connectivity index is 1.85. The average molecular weight is 292 g/mol. The summed E-state index contributed by atoms with van der Waals surface area (Å²) in [5.41, 5.74) is 5.73. The average Bonchev–Trinajstić information content (AvgIpc) is 3.40. The Labute approximate surface area is 131 Å². The van der Waals surface area contributed by atoms with Crippen LogP contribution >= 0.6 is 0 Å². The van der Waals surface area contributed by atoms with Crippen molar-refractivity contribution < 1.29 is 4.79 Å². The van der Waals surface area contributed by atoms with Crippen molar-refractivity contribution in [3.05, 3.63) is 71.8 Å². The standard InChI is InChI=1S/C19H20N2O/c1-14(15-12-13-15)20-21-19(22)18(16-8-4-2-5-9-16)17-10-6-3-7-11-17/h2-11,15,18H,12-13H2,1H3,(H,21,22)/b20-14-. The molecule has 2 aromatic carbocycles. The quantitative estimate of drug-likeness (QED) is 0.662. The summed E-state index contributed by atoms with van der Waals surface area (Å²) in [4.78, 5) is 12.7. The van der Waals surface area contributed by atoms with Gasteiger partial charge in [0.2, 0.25) is 0 Å². The number of carbonyl (C=O) groups is 1. The van der Waals surface area contributed by atoms with Crippen LogP contribution in [0.2, 0.25) is 0 Å². The number of hydrogen-bond donors (Lipinski definition) is 1. The molecule has 0 atom stereocenters. The van der Waals surface area contributed by atoms with E-state index in [1.807, 2.05) is 67.6 Å². The van der Waals surface area contributed by atoms with Gasteiger partial charge in [0, 0.05) is 5.71 Å². The third-order valence-electron chi connectivity index (χ3n) is 4.04. The minimum Gasteiger partial charge on any atom is -0.272 e. The number of benzene rings is 2. The van der Waals surface area contributed by atoms with Gasteiger partial charge in [0.05, 0.1) is 5.92 Å². The lowest BCUT2D eigenvalue weighted by Gasteiger charge is -2.16. The third-order valence-corrected chi connectivity index (χ3v) is 4.04. The van der Waals surface area contributed by atoms with Crippen LogP contribution in [-0.4, -0.2) is 11.6 Å². The summed E-state index contributed by atoms with van der Waals surface area (Å²) in [6.07, 6.45) is 2.37. The van der Waals surface area contributed by atoms with Gasteiger partial charge in [-0.25, -0.2) is 5.43 Å². The molecule has 2 aromatic rings. The highest BCUT2D eigenvalue weighted by Gasteiger charge is 2.26. The van der Waals surface area contributed by atoms with Crippen molar-refractivity contribution in [3.63, 3.8) is 0 Å². The van der Waals surface area contributed by atoms with Crippen LogP contribution in [0.4, 0.5) is 0 Å². The van der Waals surface area contributed by atoms with E-state index in [1.165, 1.54) is 12.8 Å². The van der Waals surface area contributed by atoms with Crippen molar-refractivity contribution >= 4 is 11.6 Å². The Hall–Kier alpha value is -2.42. The number of amides is 1. The second kappa shape index (κ2) is 6.56. The van der Waals surface area contributed by atoms with Gasteiger partial charge in [0.25, 0.3) is 5.91 Å². The summed E-state index contributed by atoms with van der Waals surface area (Å²) >= 11 is 0. The summed E-state index contributed by atoms with van der Waals surface area (Å²) in [5.74, 6) is 0.141. The molecule has 112 valence electrons. The van der Waals surface area contributed by atoms with Crippen LogP contribution in [-0.2, 0) is 4.79 Å². The van der Waals surface area contributed by atoms with Crippen molar-refractivity contribution in [2.45, 2.75) is 25.7 Å². The van der Waals surface area contributed by atoms with E-state index in [2.05, 4.69) is 10.5 Å². The maximum atomic E-state index is 12.7. The molecule has 0 aliphatic heterocycles. The molecule has 1 fully saturated rings. The zero-order valence-electron chi connectivity index (χ0n) is 12.7. The van der Waals surface area contributed by atoms with Gasteiger partial charge in [0.1, 0.15) is 0 Å². The summed E-state index contributed by atoms with van der Waals surface area (Å²) in [7, 11) is 0. The van der Waals surface area contributed by atoms with E-state index in [9.17, 15) is 4.79 Å². The van der Waals surface area contributed by atoms with Crippen LogP contribution in [0.5, 0.6) is 0 Å². The van der Waals surface area contributed by atoms with Crippen LogP contribution in [0.25, 0.3) is 0 Å². The molecule has 0 saturated heterocycles. The van der Waals surface area contributed by atoms with Crippen LogP contribution in [0.1, 0.15) is 36.8 Å². The number of carbonyl (C=O) groups excluding carboxylic acids is 1. The molecular weight excluding hydrogens is 272 g/mol. The highest BCUT2D eigenvalue weighted by Crippen LogP contribution is 2.30. The molecule has 22 heavy (non-hydrogen) atoms. The van der Waals surface area contributed by atoms with Crippen molar-refractivity contribution in [2.24, 2.45) is 11.0 Å². The Morgan fingerprint density at radius 3 is 1.95 bits per heavy atom. The molecular formula is C19H20N2O. The zero-order valence-corrected chi connectivity index (χ0v) is 12.7. The molecule has 1 amide bonds. The summed E-state index contributed by atoms with van der Waals surface area (Å²) in [6, 6.07) is 19.7. The Kier molecular flexibility index (Phi) is 4.33. The van der Waals surface area contributed by atoms with Crippen LogP contribution in [0.15, 0.2) is 65.8 Å². The van der Waals surface area contributed by atoms with Gasteiger partial charge in [-0.3, -0.25) is 4.79 Å². The minimum atomic E-state index is -0.335. The Morgan fingerprint density at radius 1 is 1.00 bits per heavy atom. The summed E-state index contributed by atoms with van der Waals surface area (Å²) in [5, 5.41) is 4.28. The van der Waals surface area contributed by atoms with Crippen LogP contribution in [0, 0.1) is 5.92 Å². The van der Waals surface area contributed by atoms with Gasteiger partial charge in [-0.2, -0.15) is 5.10 Å². The molecule has 1 N–H and O–H groups in total. The van der Waals surface area contributed by atoms with Gasteiger partial charge in [-0.05, 0) is 36.8 Å². The fourth-order valence-corrected chi connectivity index (χ4v) is 2.59. The van der Waals surface area contributed by atoms with Gasteiger partial charge in [-0.15, -0.1) is 0 Å². The molecule has 0 spiro atoms. The maximum absolute atomic E-state index is 12.7. The van der Waals surface area contributed by atoms with E-state index in [1.54, 1.807) is 0 Å². The predicted octanol–water partition coefficient (Wildman–Crippen LogP) is 3.72. The number of hydrazone groups is 1. The first-order valence-electron chi connectivity index (χ1n) is 7.69. The molecule has 0 bridgehead atoms. The third kappa shape index (κ3) is 3.42. The van der Waals surface area contributed by atoms with Gasteiger partial charge < -0.3 is 0 Å². The Morgan fingerprint density at radius 2 is 1.50 bits per heavy atom. The fraction of sp³-hybridized carbons (Fsp3) is 0.263. The van der Waals surface area contributed by atoms with E-state index in [-0.39, 0.29) is 11.8 Å². The van der Waals surface area contributed by atoms with E-state index in [0.29, 0.717) is 5.92 Å². The van der Waals surface area contributed by atoms with Crippen LogP contribution < -0.4 is 5.43 Å². The lowest BCUT2D eigenvalue weighted by atomic mass is 9.91. The first kappa shape index (κ1) is 14.5. The second-order valence-electron chi connectivity index (χ2n) is 5.76. The Bertz CT molecular complexity index is 621. The molecule has 3 nitrogen and oxygen atoms in total. The summed E-state index contributed by atoms with van der Waals surface area (Å²) < 4.78 is 0. The highest BCUT2D eigenvalue weighted by molar-refractivity contribution is 5.90. The van der Waals surface area contributed by atoms with Gasteiger partial charge in [0.15, 0.2) is 0 Å². The molecule has 0 aromatic heterocycles. The van der Waals surface area contributed by atoms with E-state index in [0.717, 1.165) is 16.8 Å². The van der Waals surface area contributed by atoms with Crippen molar-refractivity contribution in [2.75, 3.05) is 0 Å². The first-order valence-corrected chi connectivity index (χ1v) is 7.69. The molecule has 0 radical (unpaired) electrons. The van der Waals surface area contributed by atoms with E-state index in [4.69, 9.17) is 0 Å². The molecule has 1 saturated carbocycles. The van der Waals surface area contributed by atoms with Gasteiger partial charge in [-0.1, -0.05) is 60.7 Å². The molecule has 3 rings (SSSR count). The van der Waals surface area contributed by atoms with Crippen molar-refractivity contribution in [3.8, 4) is 0 Å². The number of rotatable bonds is 5. The number of hydrogen-bond acceptors (Lipinski definition) is 2. The highest BCUT2D eigenvalue weighted by atomic mass is 16.2. The largest absolute Gasteiger partial charge is 0.272 e. The number of nitrogens with zero attached hydrogens (tertiary/aromatic N) is 1. The molecule has 0 heterocycles. The van der Waals surface area contributed by atoms with E-state index >= 15 is 0 Å². The first-order chi connectivity index (χ1) is 10.8. The van der Waals surface area contributed by atoms with Crippen molar-refractivity contribution in [1.82, 2.24) is 5.43 Å². The normalized spacial score (nSPS) is 14.9. The monoisotopic (exact) mass is 292 g/mol. The van der Waals surface area contributed by atoms with Crippen LogP contribution in [0.3, 0.4) is 0 Å². The molecule has 3 heteroatoms. The smallest absolute Gasteiger partial charge is 0.252 e. The fourth-order valence-electron chi connectivity index (χ4n) is 2.59. The molecule has 0 unspecified atom stereocenters.